The number of carbonyl (C=O) groups is 1. The van der Waals surface area contributed by atoms with Gasteiger partial charge in [-0.05, 0) is 57.2 Å². The van der Waals surface area contributed by atoms with E-state index >= 15 is 4.39 Å². The first-order valence-electron chi connectivity index (χ1n) is 13.1. The molecule has 0 fully saturated rings. The van der Waals surface area contributed by atoms with Crippen LogP contribution < -0.4 is 20.7 Å². The molecule has 0 aliphatic rings. The number of likely N-dealkylation sites (N-methyl/N-ethyl adjacent to an activating group) is 1. The second-order valence-electron chi connectivity index (χ2n) is 9.67. The van der Waals surface area contributed by atoms with Gasteiger partial charge in [-0.3, -0.25) is 10.2 Å². The van der Waals surface area contributed by atoms with Gasteiger partial charge in [-0.25, -0.2) is 19.4 Å². The maximum Gasteiger partial charge on any atom is 0.201 e. The van der Waals surface area contributed by atoms with Crippen molar-refractivity contribution in [3.63, 3.8) is 0 Å². The number of hydrogen-bond acceptors (Lipinski definition) is 8. The molecule has 0 spiro atoms. The molecule has 216 valence electrons. The van der Waals surface area contributed by atoms with E-state index in [1.165, 1.54) is 18.5 Å². The van der Waals surface area contributed by atoms with Gasteiger partial charge in [0, 0.05) is 23.9 Å². The van der Waals surface area contributed by atoms with Crippen molar-refractivity contribution in [2.24, 2.45) is 4.99 Å². The molecule has 4 N–H and O–H groups in total. The Hall–Kier alpha value is -5.19. The summed E-state index contributed by atoms with van der Waals surface area (Å²) in [4.78, 5) is 26.6. The predicted octanol–water partition coefficient (Wildman–Crippen LogP) is 6.02. The van der Waals surface area contributed by atoms with E-state index in [4.69, 9.17) is 20.9 Å². The number of aromatic nitrogens is 2. The number of nitrogens with two attached hydrogens (primary N) is 1. The SMILES string of the molecule is CC(C)Oc1ccc(C(=N)c2c(N)ncnc2NC(C)C(=Nc2ccccc2C=O)N(C)c2ccccc2)c(F)c1F. The van der Waals surface area contributed by atoms with Crippen molar-refractivity contribution >= 4 is 40.8 Å². The first-order valence-corrected chi connectivity index (χ1v) is 13.1. The number of benzene rings is 3. The van der Waals surface area contributed by atoms with Gasteiger partial charge in [0.2, 0.25) is 5.82 Å². The summed E-state index contributed by atoms with van der Waals surface area (Å²) in [7, 11) is 1.83. The molecule has 0 amide bonds. The maximum atomic E-state index is 15.2. The van der Waals surface area contributed by atoms with Crippen LogP contribution in [0.25, 0.3) is 0 Å². The highest BCUT2D eigenvalue weighted by molar-refractivity contribution is 6.16. The molecule has 1 aromatic heterocycles. The number of aldehydes is 1. The van der Waals surface area contributed by atoms with Crippen molar-refractivity contribution in [2.45, 2.75) is 32.9 Å². The van der Waals surface area contributed by atoms with Crippen molar-refractivity contribution < 1.29 is 18.3 Å². The molecule has 1 atom stereocenters. The van der Waals surface area contributed by atoms with E-state index in [2.05, 4.69) is 15.3 Å². The molecule has 1 unspecified atom stereocenters. The molecule has 0 saturated heterocycles. The fraction of sp³-hybridized carbons (Fsp3) is 0.194. The van der Waals surface area contributed by atoms with E-state index in [0.29, 0.717) is 17.1 Å². The highest BCUT2D eigenvalue weighted by Crippen LogP contribution is 2.29. The molecule has 42 heavy (non-hydrogen) atoms. The van der Waals surface area contributed by atoms with E-state index in [9.17, 15) is 9.18 Å². The first-order chi connectivity index (χ1) is 20.1. The summed E-state index contributed by atoms with van der Waals surface area (Å²) in [5, 5.41) is 12.0. The molecule has 1 heterocycles. The molecule has 4 rings (SSSR count). The molecule has 11 heteroatoms. The fourth-order valence-corrected chi connectivity index (χ4v) is 4.29. The summed E-state index contributed by atoms with van der Waals surface area (Å²) < 4.78 is 35.3. The van der Waals surface area contributed by atoms with Gasteiger partial charge in [0.15, 0.2) is 17.9 Å². The second-order valence-corrected chi connectivity index (χ2v) is 9.67. The number of rotatable bonds is 10. The highest BCUT2D eigenvalue weighted by Gasteiger charge is 2.25. The van der Waals surface area contributed by atoms with Crippen molar-refractivity contribution in [1.82, 2.24) is 9.97 Å². The Labute approximate surface area is 242 Å². The first kappa shape index (κ1) is 29.8. The van der Waals surface area contributed by atoms with Crippen molar-refractivity contribution in [1.29, 1.82) is 5.41 Å². The lowest BCUT2D eigenvalue weighted by Gasteiger charge is -2.28. The lowest BCUT2D eigenvalue weighted by molar-refractivity contribution is 0.112. The third-order valence-corrected chi connectivity index (χ3v) is 6.33. The molecule has 0 radical (unpaired) electrons. The number of ether oxygens (including phenoxy) is 1. The Morgan fingerprint density at radius 1 is 1.02 bits per heavy atom. The zero-order valence-corrected chi connectivity index (χ0v) is 23.6. The van der Waals surface area contributed by atoms with Gasteiger partial charge in [-0.2, -0.15) is 4.39 Å². The molecular weight excluding hydrogens is 540 g/mol. The fourth-order valence-electron chi connectivity index (χ4n) is 4.29. The van der Waals surface area contributed by atoms with Crippen LogP contribution in [0, 0.1) is 17.0 Å². The minimum Gasteiger partial charge on any atom is -0.488 e. The number of amidine groups is 1. The van der Waals surface area contributed by atoms with Gasteiger partial charge in [0.1, 0.15) is 23.8 Å². The van der Waals surface area contributed by atoms with Gasteiger partial charge >= 0.3 is 0 Å². The Kier molecular flexibility index (Phi) is 9.21. The van der Waals surface area contributed by atoms with Gasteiger partial charge in [0.05, 0.1) is 29.1 Å². The number of nitrogens with one attached hydrogen (secondary N) is 2. The number of para-hydroxylation sites is 2. The Morgan fingerprint density at radius 3 is 2.40 bits per heavy atom. The summed E-state index contributed by atoms with van der Waals surface area (Å²) in [6, 6.07) is 18.3. The second kappa shape index (κ2) is 13.0. The Bertz CT molecular complexity index is 1630. The van der Waals surface area contributed by atoms with Crippen LogP contribution in [0.15, 0.2) is 78.0 Å². The van der Waals surface area contributed by atoms with Crippen LogP contribution in [0.3, 0.4) is 0 Å². The summed E-state index contributed by atoms with van der Waals surface area (Å²) in [5.74, 6) is -2.22. The monoisotopic (exact) mass is 571 g/mol. The quantitative estimate of drug-likeness (QED) is 0.121. The average molecular weight is 572 g/mol. The lowest BCUT2D eigenvalue weighted by Crippen LogP contribution is -2.40. The molecule has 9 nitrogen and oxygen atoms in total. The average Bonchev–Trinajstić information content (AvgIpc) is 2.98. The van der Waals surface area contributed by atoms with Gasteiger partial charge in [-0.1, -0.05) is 30.3 Å². The number of halogens is 2. The van der Waals surface area contributed by atoms with Gasteiger partial charge in [-0.15, -0.1) is 0 Å². The van der Waals surface area contributed by atoms with Crippen LogP contribution in [-0.4, -0.2) is 47.0 Å². The van der Waals surface area contributed by atoms with Crippen LogP contribution in [0.4, 0.5) is 31.8 Å². The van der Waals surface area contributed by atoms with Crippen molar-refractivity contribution in [2.75, 3.05) is 23.0 Å². The van der Waals surface area contributed by atoms with Gasteiger partial charge in [0.25, 0.3) is 0 Å². The number of nitrogens with zero attached hydrogens (tertiary/aromatic N) is 4. The van der Waals surface area contributed by atoms with E-state index < -0.39 is 23.4 Å². The normalized spacial score (nSPS) is 12.1. The zero-order valence-electron chi connectivity index (χ0n) is 23.6. The van der Waals surface area contributed by atoms with Gasteiger partial charge < -0.3 is 20.7 Å². The molecule has 0 bridgehead atoms. The topological polar surface area (TPSA) is 130 Å². The number of nitrogen functional groups attached to an aromatic ring is 1. The summed E-state index contributed by atoms with van der Waals surface area (Å²) in [6.07, 6.45) is 1.56. The van der Waals surface area contributed by atoms with Crippen LogP contribution in [0.5, 0.6) is 5.75 Å². The minimum atomic E-state index is -1.25. The zero-order chi connectivity index (χ0) is 30.4. The van der Waals surface area contributed by atoms with E-state index in [0.717, 1.165) is 12.0 Å². The maximum absolute atomic E-state index is 15.2. The minimum absolute atomic E-state index is 0.0183. The third-order valence-electron chi connectivity index (χ3n) is 6.33. The number of aliphatic imine (C=N–C) groups is 1. The summed E-state index contributed by atoms with van der Waals surface area (Å²) >= 11 is 0. The van der Waals surface area contributed by atoms with Crippen molar-refractivity contribution in [3.8, 4) is 5.75 Å². The molecule has 0 aliphatic carbocycles. The van der Waals surface area contributed by atoms with E-state index in [1.54, 1.807) is 38.1 Å². The third kappa shape index (κ3) is 6.41. The smallest absolute Gasteiger partial charge is 0.201 e. The highest BCUT2D eigenvalue weighted by atomic mass is 19.2. The van der Waals surface area contributed by atoms with Crippen LogP contribution in [-0.2, 0) is 0 Å². The summed E-state index contributed by atoms with van der Waals surface area (Å²) in [5.41, 5.74) is 7.06. The largest absolute Gasteiger partial charge is 0.488 e. The van der Waals surface area contributed by atoms with Crippen LogP contribution >= 0.6 is 0 Å². The number of anilines is 3. The van der Waals surface area contributed by atoms with Crippen molar-refractivity contribution in [3.05, 3.63) is 101 Å². The number of carbonyl (C=O) groups excluding carboxylic acids is 1. The Balaban J connectivity index is 1.76. The predicted molar refractivity (Wildman–Crippen MR) is 161 cm³/mol. The van der Waals surface area contributed by atoms with E-state index in [1.807, 2.05) is 49.2 Å². The summed E-state index contributed by atoms with van der Waals surface area (Å²) in [6.45, 7) is 5.20. The van der Waals surface area contributed by atoms with E-state index in [-0.39, 0.29) is 34.6 Å². The Morgan fingerprint density at radius 2 is 1.71 bits per heavy atom. The molecule has 3 aromatic carbocycles. The standard InChI is InChI=1S/C31H31F2N7O2/c1-18(2)42-24-15-14-22(26(32)27(24)33)28(34)25-29(35)36-17-37-30(25)38-19(3)31(40(4)21-11-6-5-7-12-21)39-23-13-9-8-10-20(23)16-41/h5-19,34H,1-4H3,(H3,35,36,37,38). The molecule has 4 aromatic rings. The van der Waals surface area contributed by atoms with Crippen LogP contribution in [0.1, 0.15) is 42.3 Å². The lowest BCUT2D eigenvalue weighted by atomic mass is 10.0. The van der Waals surface area contributed by atoms with Crippen LogP contribution in [0.2, 0.25) is 0 Å². The molecular formula is C31H31F2N7O2. The molecule has 0 saturated carbocycles. The molecule has 0 aliphatic heterocycles. The number of hydrogen-bond donors (Lipinski definition) is 3.